The number of nitrogens with one attached hydrogen (secondary N) is 1. The molecule has 0 aliphatic rings. The van der Waals surface area contributed by atoms with Crippen molar-refractivity contribution in [2.45, 2.75) is 26.9 Å². The molecule has 8 heteroatoms. The number of halogens is 2. The molecule has 0 spiro atoms. The van der Waals surface area contributed by atoms with Crippen molar-refractivity contribution in [3.8, 4) is 17.2 Å². The highest BCUT2D eigenvalue weighted by atomic mass is 19.3. The standard InChI is InChI=1S/C20H22F2N2O4/c1-3-14-5-8-16(9-6-14)27-13-19(25)24-23-12-15-7-10-17(28-20(21)22)18(11-15)26-4-2/h5-12,20H,3-4,13H2,1-2H3,(H,24,25)/b23-12-. The van der Waals surface area contributed by atoms with Gasteiger partial charge < -0.3 is 14.2 Å². The van der Waals surface area contributed by atoms with Gasteiger partial charge in [-0.3, -0.25) is 4.79 Å². The number of ether oxygens (including phenoxy) is 3. The van der Waals surface area contributed by atoms with E-state index in [2.05, 4.69) is 22.2 Å². The third-order valence-electron chi connectivity index (χ3n) is 3.59. The van der Waals surface area contributed by atoms with Crippen LogP contribution in [0, 0.1) is 0 Å². The largest absolute Gasteiger partial charge is 0.490 e. The van der Waals surface area contributed by atoms with Crippen LogP contribution < -0.4 is 19.6 Å². The van der Waals surface area contributed by atoms with Crippen LogP contribution in [0.25, 0.3) is 0 Å². The van der Waals surface area contributed by atoms with E-state index in [1.807, 2.05) is 12.1 Å². The first-order valence-corrected chi connectivity index (χ1v) is 8.77. The highest BCUT2D eigenvalue weighted by molar-refractivity contribution is 5.83. The van der Waals surface area contributed by atoms with E-state index >= 15 is 0 Å². The molecular weight excluding hydrogens is 370 g/mol. The molecule has 0 saturated heterocycles. The lowest BCUT2D eigenvalue weighted by molar-refractivity contribution is -0.123. The molecule has 0 fully saturated rings. The molecule has 0 heterocycles. The average molecular weight is 392 g/mol. The van der Waals surface area contributed by atoms with Crippen molar-refractivity contribution in [3.63, 3.8) is 0 Å². The Morgan fingerprint density at radius 2 is 1.86 bits per heavy atom. The zero-order chi connectivity index (χ0) is 20.4. The van der Waals surface area contributed by atoms with E-state index in [1.165, 1.54) is 30.0 Å². The van der Waals surface area contributed by atoms with Gasteiger partial charge in [0.05, 0.1) is 12.8 Å². The number of alkyl halides is 2. The van der Waals surface area contributed by atoms with E-state index in [0.29, 0.717) is 11.3 Å². The first-order chi connectivity index (χ1) is 13.5. The van der Waals surface area contributed by atoms with Gasteiger partial charge >= 0.3 is 6.61 Å². The highest BCUT2D eigenvalue weighted by Gasteiger charge is 2.11. The third kappa shape index (κ3) is 6.86. The minimum absolute atomic E-state index is 0.0690. The van der Waals surface area contributed by atoms with Gasteiger partial charge in [0.15, 0.2) is 18.1 Å². The molecule has 1 N–H and O–H groups in total. The predicted molar refractivity (Wildman–Crippen MR) is 101 cm³/mol. The van der Waals surface area contributed by atoms with Crippen LogP contribution in [-0.2, 0) is 11.2 Å². The van der Waals surface area contributed by atoms with E-state index < -0.39 is 12.5 Å². The second-order valence-electron chi connectivity index (χ2n) is 5.60. The SMILES string of the molecule is CCOc1cc(/C=N\NC(=O)COc2ccc(CC)cc2)ccc1OC(F)F. The summed E-state index contributed by atoms with van der Waals surface area (Å²) in [5, 5.41) is 3.82. The van der Waals surface area contributed by atoms with Crippen molar-refractivity contribution in [3.05, 3.63) is 53.6 Å². The number of benzene rings is 2. The number of nitrogens with zero attached hydrogens (tertiary/aromatic N) is 1. The van der Waals surface area contributed by atoms with Gasteiger partial charge in [0.25, 0.3) is 5.91 Å². The normalized spacial score (nSPS) is 10.9. The van der Waals surface area contributed by atoms with Gasteiger partial charge in [-0.15, -0.1) is 0 Å². The molecule has 1 amide bonds. The van der Waals surface area contributed by atoms with Crippen molar-refractivity contribution < 1.29 is 27.8 Å². The topological polar surface area (TPSA) is 69.2 Å². The lowest BCUT2D eigenvalue weighted by Gasteiger charge is -2.11. The second kappa shape index (κ2) is 10.9. The van der Waals surface area contributed by atoms with Gasteiger partial charge in [0, 0.05) is 0 Å². The zero-order valence-corrected chi connectivity index (χ0v) is 15.7. The number of carbonyl (C=O) groups excluding carboxylic acids is 1. The van der Waals surface area contributed by atoms with Crippen LogP contribution in [0.2, 0.25) is 0 Å². The number of rotatable bonds is 10. The van der Waals surface area contributed by atoms with E-state index in [4.69, 9.17) is 9.47 Å². The fourth-order valence-corrected chi connectivity index (χ4v) is 2.25. The predicted octanol–water partition coefficient (Wildman–Crippen LogP) is 3.78. The molecule has 150 valence electrons. The van der Waals surface area contributed by atoms with Crippen molar-refractivity contribution >= 4 is 12.1 Å². The molecule has 0 atom stereocenters. The number of aryl methyl sites for hydroxylation is 1. The maximum Gasteiger partial charge on any atom is 0.387 e. The van der Waals surface area contributed by atoms with Gasteiger partial charge in [-0.1, -0.05) is 19.1 Å². The number of hydrazone groups is 1. The quantitative estimate of drug-likeness (QED) is 0.494. The molecule has 2 aromatic rings. The molecule has 0 aromatic heterocycles. The Labute approximate surface area is 162 Å². The first-order valence-electron chi connectivity index (χ1n) is 8.77. The van der Waals surface area contributed by atoms with Gasteiger partial charge in [0.2, 0.25) is 0 Å². The van der Waals surface area contributed by atoms with Crippen LogP contribution >= 0.6 is 0 Å². The van der Waals surface area contributed by atoms with Crippen molar-refractivity contribution in [2.75, 3.05) is 13.2 Å². The summed E-state index contributed by atoms with van der Waals surface area (Å²) in [4.78, 5) is 11.8. The van der Waals surface area contributed by atoms with E-state index in [0.717, 1.165) is 6.42 Å². The lowest BCUT2D eigenvalue weighted by atomic mass is 10.2. The Hall–Kier alpha value is -3.16. The number of amides is 1. The van der Waals surface area contributed by atoms with E-state index in [9.17, 15) is 13.6 Å². The Kier molecular flexibility index (Phi) is 8.20. The molecule has 2 aromatic carbocycles. The van der Waals surface area contributed by atoms with Gasteiger partial charge in [-0.05, 0) is 54.8 Å². The molecule has 0 radical (unpaired) electrons. The summed E-state index contributed by atoms with van der Waals surface area (Å²) in [7, 11) is 0. The summed E-state index contributed by atoms with van der Waals surface area (Å²) in [5.74, 6) is 0.253. The van der Waals surface area contributed by atoms with Crippen molar-refractivity contribution in [2.24, 2.45) is 5.10 Å². The summed E-state index contributed by atoms with van der Waals surface area (Å²) in [6.45, 7) is 0.930. The molecule has 28 heavy (non-hydrogen) atoms. The highest BCUT2D eigenvalue weighted by Crippen LogP contribution is 2.29. The van der Waals surface area contributed by atoms with E-state index in [1.54, 1.807) is 19.1 Å². The molecule has 0 unspecified atom stereocenters. The van der Waals surface area contributed by atoms with Gasteiger partial charge in [-0.25, -0.2) is 5.43 Å². The number of hydrogen-bond acceptors (Lipinski definition) is 5. The summed E-state index contributed by atoms with van der Waals surface area (Å²) >= 11 is 0. The van der Waals surface area contributed by atoms with Crippen LogP contribution in [0.3, 0.4) is 0 Å². The van der Waals surface area contributed by atoms with Crippen LogP contribution in [-0.4, -0.2) is 31.9 Å². The maximum absolute atomic E-state index is 12.4. The number of hydrogen-bond donors (Lipinski definition) is 1. The second-order valence-corrected chi connectivity index (χ2v) is 5.60. The average Bonchev–Trinajstić information content (AvgIpc) is 2.68. The summed E-state index contributed by atoms with van der Waals surface area (Å²) in [5.41, 5.74) is 4.06. The molecule has 0 aliphatic carbocycles. The fourth-order valence-electron chi connectivity index (χ4n) is 2.25. The van der Waals surface area contributed by atoms with Crippen molar-refractivity contribution in [1.82, 2.24) is 5.43 Å². The Bertz CT molecular complexity index is 795. The Morgan fingerprint density at radius 1 is 1.11 bits per heavy atom. The summed E-state index contributed by atoms with van der Waals surface area (Å²) in [6, 6.07) is 11.8. The molecule has 0 saturated carbocycles. The molecule has 0 aliphatic heterocycles. The molecular formula is C20H22F2N2O4. The lowest BCUT2D eigenvalue weighted by Crippen LogP contribution is -2.24. The first kappa shape index (κ1) is 21.1. The number of carbonyl (C=O) groups is 1. The monoisotopic (exact) mass is 392 g/mol. The van der Waals surface area contributed by atoms with E-state index in [-0.39, 0.29) is 24.7 Å². The van der Waals surface area contributed by atoms with Crippen LogP contribution in [0.15, 0.2) is 47.6 Å². The Balaban J connectivity index is 1.88. The summed E-state index contributed by atoms with van der Waals surface area (Å²) in [6.07, 6.45) is 2.29. The third-order valence-corrected chi connectivity index (χ3v) is 3.59. The smallest absolute Gasteiger partial charge is 0.387 e. The van der Waals surface area contributed by atoms with Gasteiger partial charge in [-0.2, -0.15) is 13.9 Å². The minimum Gasteiger partial charge on any atom is -0.490 e. The molecule has 2 rings (SSSR count). The fraction of sp³-hybridized carbons (Fsp3) is 0.300. The molecule has 6 nitrogen and oxygen atoms in total. The Morgan fingerprint density at radius 3 is 2.50 bits per heavy atom. The van der Waals surface area contributed by atoms with Crippen LogP contribution in [0.5, 0.6) is 17.2 Å². The van der Waals surface area contributed by atoms with Gasteiger partial charge in [0.1, 0.15) is 5.75 Å². The van der Waals surface area contributed by atoms with Crippen molar-refractivity contribution in [1.29, 1.82) is 0 Å². The van der Waals surface area contributed by atoms with Crippen LogP contribution in [0.1, 0.15) is 25.0 Å². The van der Waals surface area contributed by atoms with Crippen LogP contribution in [0.4, 0.5) is 8.78 Å². The zero-order valence-electron chi connectivity index (χ0n) is 15.7. The summed E-state index contributed by atoms with van der Waals surface area (Å²) < 4.78 is 39.9. The molecule has 0 bridgehead atoms. The minimum atomic E-state index is -2.95. The maximum atomic E-state index is 12.4.